The predicted molar refractivity (Wildman–Crippen MR) is 82.6 cm³/mol. The number of ether oxygens (including phenoxy) is 1. The molecule has 0 bridgehead atoms. The number of amides is 1. The van der Waals surface area contributed by atoms with Crippen molar-refractivity contribution in [2.75, 3.05) is 11.0 Å². The number of hydrogen-bond donors (Lipinski definition) is 1. The van der Waals surface area contributed by atoms with Gasteiger partial charge in [-0.2, -0.15) is 0 Å². The molecule has 0 fully saturated rings. The summed E-state index contributed by atoms with van der Waals surface area (Å²) in [5.41, 5.74) is 0. The zero-order valence-electron chi connectivity index (χ0n) is 10.5. The molecule has 1 amide bonds. The lowest BCUT2D eigenvalue weighted by Gasteiger charge is -2.19. The molecule has 1 atom stereocenters. The van der Waals surface area contributed by atoms with Crippen LogP contribution >= 0.6 is 34.2 Å². The van der Waals surface area contributed by atoms with E-state index in [9.17, 15) is 4.79 Å². The molecule has 5 heteroatoms. The zero-order chi connectivity index (χ0) is 13.5. The molecular weight excluding hydrogens is 365 g/mol. The first kappa shape index (κ1) is 15.6. The Kier molecular flexibility index (Phi) is 6.78. The second kappa shape index (κ2) is 7.84. The number of benzene rings is 1. The van der Waals surface area contributed by atoms with Gasteiger partial charge in [-0.1, -0.05) is 48.0 Å². The molecule has 1 aromatic rings. The molecule has 0 saturated carbocycles. The normalized spacial score (nSPS) is 12.3. The van der Waals surface area contributed by atoms with E-state index >= 15 is 0 Å². The highest BCUT2D eigenvalue weighted by Gasteiger charge is 2.14. The highest BCUT2D eigenvalue weighted by atomic mass is 127. The van der Waals surface area contributed by atoms with Crippen LogP contribution < -0.4 is 10.1 Å². The van der Waals surface area contributed by atoms with Crippen molar-refractivity contribution < 1.29 is 9.53 Å². The number of halogens is 2. The van der Waals surface area contributed by atoms with Gasteiger partial charge < -0.3 is 10.1 Å². The lowest BCUT2D eigenvalue weighted by Crippen LogP contribution is -2.42. The molecule has 0 saturated heterocycles. The van der Waals surface area contributed by atoms with Gasteiger partial charge in [-0.15, -0.1) is 0 Å². The Bertz CT molecular complexity index is 381. The molecule has 0 radical (unpaired) electrons. The van der Waals surface area contributed by atoms with Crippen LogP contribution in [0.15, 0.2) is 24.3 Å². The SMILES string of the molecule is CC(C)C(CI)NC(=O)COc1ccc(Cl)cc1. The van der Waals surface area contributed by atoms with E-state index in [4.69, 9.17) is 16.3 Å². The molecule has 0 aliphatic carbocycles. The van der Waals surface area contributed by atoms with Gasteiger partial charge in [0.1, 0.15) is 5.75 Å². The molecule has 0 heterocycles. The van der Waals surface area contributed by atoms with Crippen LogP contribution in [0.1, 0.15) is 13.8 Å². The second-order valence-corrected chi connectivity index (χ2v) is 5.63. The van der Waals surface area contributed by atoms with E-state index in [2.05, 4.69) is 41.8 Å². The van der Waals surface area contributed by atoms with Gasteiger partial charge in [-0.25, -0.2) is 0 Å². The minimum atomic E-state index is -0.0969. The number of alkyl halides is 1. The monoisotopic (exact) mass is 381 g/mol. The Morgan fingerprint density at radius 3 is 2.50 bits per heavy atom. The average molecular weight is 382 g/mol. The van der Waals surface area contributed by atoms with Crippen LogP contribution in [-0.4, -0.2) is 23.0 Å². The smallest absolute Gasteiger partial charge is 0.258 e. The maximum atomic E-state index is 11.7. The number of carbonyl (C=O) groups is 1. The van der Waals surface area contributed by atoms with E-state index in [1.807, 2.05) is 0 Å². The molecule has 3 nitrogen and oxygen atoms in total. The van der Waals surface area contributed by atoms with Crippen molar-refractivity contribution in [2.45, 2.75) is 19.9 Å². The lowest BCUT2D eigenvalue weighted by atomic mass is 10.1. The first-order valence-electron chi connectivity index (χ1n) is 5.76. The summed E-state index contributed by atoms with van der Waals surface area (Å²) in [4.78, 5) is 11.7. The fourth-order valence-electron chi connectivity index (χ4n) is 1.31. The van der Waals surface area contributed by atoms with Gasteiger partial charge in [0.2, 0.25) is 0 Å². The Labute approximate surface area is 126 Å². The number of rotatable bonds is 6. The zero-order valence-corrected chi connectivity index (χ0v) is 13.4. The van der Waals surface area contributed by atoms with E-state index < -0.39 is 0 Å². The highest BCUT2D eigenvalue weighted by Crippen LogP contribution is 2.15. The highest BCUT2D eigenvalue weighted by molar-refractivity contribution is 14.1. The van der Waals surface area contributed by atoms with Crippen molar-refractivity contribution in [3.05, 3.63) is 29.3 Å². The van der Waals surface area contributed by atoms with Crippen LogP contribution in [0.25, 0.3) is 0 Å². The van der Waals surface area contributed by atoms with Crippen LogP contribution in [-0.2, 0) is 4.79 Å². The van der Waals surface area contributed by atoms with E-state index in [0.717, 1.165) is 4.43 Å². The minimum Gasteiger partial charge on any atom is -0.484 e. The van der Waals surface area contributed by atoms with Crippen LogP contribution in [0.3, 0.4) is 0 Å². The predicted octanol–water partition coefficient (Wildman–Crippen LogP) is 3.29. The quantitative estimate of drug-likeness (QED) is 0.606. The van der Waals surface area contributed by atoms with Gasteiger partial charge in [0.25, 0.3) is 5.91 Å². The number of hydrogen-bond acceptors (Lipinski definition) is 2. The van der Waals surface area contributed by atoms with E-state index in [1.165, 1.54) is 0 Å². The molecule has 1 unspecified atom stereocenters. The van der Waals surface area contributed by atoms with Crippen molar-refractivity contribution in [2.24, 2.45) is 5.92 Å². The summed E-state index contributed by atoms with van der Waals surface area (Å²) < 4.78 is 6.27. The topological polar surface area (TPSA) is 38.3 Å². The van der Waals surface area contributed by atoms with Crippen LogP contribution in [0.5, 0.6) is 5.75 Å². The summed E-state index contributed by atoms with van der Waals surface area (Å²) in [7, 11) is 0. The molecule has 0 aliphatic rings. The van der Waals surface area contributed by atoms with Crippen molar-refractivity contribution in [3.8, 4) is 5.75 Å². The lowest BCUT2D eigenvalue weighted by molar-refractivity contribution is -0.123. The maximum absolute atomic E-state index is 11.7. The fourth-order valence-corrected chi connectivity index (χ4v) is 2.67. The first-order chi connectivity index (χ1) is 8.52. The molecule has 0 aromatic heterocycles. The summed E-state index contributed by atoms with van der Waals surface area (Å²) in [6, 6.07) is 7.14. The Balaban J connectivity index is 2.39. The van der Waals surface area contributed by atoms with Gasteiger partial charge in [0, 0.05) is 15.5 Å². The minimum absolute atomic E-state index is 0.0293. The molecule has 1 aromatic carbocycles. The van der Waals surface area contributed by atoms with Gasteiger partial charge in [-0.05, 0) is 30.2 Å². The molecular formula is C13H17ClINO2. The summed E-state index contributed by atoms with van der Waals surface area (Å²) in [5, 5.41) is 3.60. The van der Waals surface area contributed by atoms with Gasteiger partial charge >= 0.3 is 0 Å². The summed E-state index contributed by atoms with van der Waals surface area (Å²) in [6.45, 7) is 4.20. The van der Waals surface area contributed by atoms with Gasteiger partial charge in [-0.3, -0.25) is 4.79 Å². The Morgan fingerprint density at radius 1 is 1.39 bits per heavy atom. The maximum Gasteiger partial charge on any atom is 0.258 e. The third kappa shape index (κ3) is 5.44. The molecule has 18 heavy (non-hydrogen) atoms. The molecule has 0 spiro atoms. The number of carbonyl (C=O) groups excluding carboxylic acids is 1. The second-order valence-electron chi connectivity index (χ2n) is 4.31. The van der Waals surface area contributed by atoms with Crippen molar-refractivity contribution >= 4 is 40.1 Å². The van der Waals surface area contributed by atoms with E-state index in [1.54, 1.807) is 24.3 Å². The Hall–Kier alpha value is -0.490. The van der Waals surface area contributed by atoms with Gasteiger partial charge in [0.15, 0.2) is 6.61 Å². The molecule has 100 valence electrons. The summed E-state index contributed by atoms with van der Waals surface area (Å²) in [5.74, 6) is 0.965. The summed E-state index contributed by atoms with van der Waals surface area (Å²) >= 11 is 8.03. The van der Waals surface area contributed by atoms with Crippen molar-refractivity contribution in [1.82, 2.24) is 5.32 Å². The van der Waals surface area contributed by atoms with Crippen molar-refractivity contribution in [1.29, 1.82) is 0 Å². The standard InChI is InChI=1S/C13H17ClINO2/c1-9(2)12(7-15)16-13(17)8-18-11-5-3-10(14)4-6-11/h3-6,9,12H,7-8H2,1-2H3,(H,16,17). The molecule has 1 rings (SSSR count). The van der Waals surface area contributed by atoms with Crippen molar-refractivity contribution in [3.63, 3.8) is 0 Å². The van der Waals surface area contributed by atoms with E-state index in [0.29, 0.717) is 16.7 Å². The van der Waals surface area contributed by atoms with Crippen LogP contribution in [0, 0.1) is 5.92 Å². The fraction of sp³-hybridized carbons (Fsp3) is 0.462. The number of nitrogens with one attached hydrogen (secondary N) is 1. The van der Waals surface area contributed by atoms with Crippen LogP contribution in [0.2, 0.25) is 5.02 Å². The molecule has 0 aliphatic heterocycles. The average Bonchev–Trinajstić information content (AvgIpc) is 2.35. The first-order valence-corrected chi connectivity index (χ1v) is 7.67. The largest absolute Gasteiger partial charge is 0.484 e. The molecule has 1 N–H and O–H groups in total. The van der Waals surface area contributed by atoms with Crippen LogP contribution in [0.4, 0.5) is 0 Å². The third-order valence-corrected chi connectivity index (χ3v) is 3.70. The Morgan fingerprint density at radius 2 is 2.00 bits per heavy atom. The third-order valence-electron chi connectivity index (χ3n) is 2.50. The van der Waals surface area contributed by atoms with E-state index in [-0.39, 0.29) is 18.6 Å². The summed E-state index contributed by atoms with van der Waals surface area (Å²) in [6.07, 6.45) is 0. The van der Waals surface area contributed by atoms with Gasteiger partial charge in [0.05, 0.1) is 0 Å².